The lowest BCUT2D eigenvalue weighted by Crippen LogP contribution is -2.02. The minimum Gasteiger partial charge on any atom is -0.380 e. The molecule has 4 heteroatoms. The van der Waals surface area contributed by atoms with Crippen LogP contribution >= 0.6 is 0 Å². The molecule has 0 aliphatic rings. The van der Waals surface area contributed by atoms with E-state index in [0.29, 0.717) is 0 Å². The Balaban J connectivity index is 3.17. The molecule has 0 saturated carbocycles. The second-order valence-electron chi connectivity index (χ2n) is 2.91. The van der Waals surface area contributed by atoms with Gasteiger partial charge in [-0.15, -0.1) is 0 Å². The van der Waals surface area contributed by atoms with Gasteiger partial charge >= 0.3 is 0 Å². The molecule has 0 atom stereocenters. The van der Waals surface area contributed by atoms with Gasteiger partial charge < -0.3 is 4.74 Å². The Morgan fingerprint density at radius 1 is 1.36 bits per heavy atom. The summed E-state index contributed by atoms with van der Waals surface area (Å²) in [5.74, 6) is -1.84. The van der Waals surface area contributed by atoms with Gasteiger partial charge in [0.15, 0.2) is 5.78 Å². The molecule has 0 heterocycles. The van der Waals surface area contributed by atoms with Gasteiger partial charge in [-0.25, -0.2) is 8.78 Å². The Bertz CT molecular complexity index is 361. The van der Waals surface area contributed by atoms with E-state index in [1.807, 2.05) is 0 Å². The van der Waals surface area contributed by atoms with Gasteiger partial charge in [-0.1, -0.05) is 0 Å². The Morgan fingerprint density at radius 2 is 2.00 bits per heavy atom. The fraction of sp³-hybridized carbons (Fsp3) is 0.300. The molecule has 0 fully saturated rings. The predicted molar refractivity (Wildman–Crippen MR) is 47.1 cm³/mol. The van der Waals surface area contributed by atoms with Crippen LogP contribution in [0.4, 0.5) is 8.78 Å². The van der Waals surface area contributed by atoms with Gasteiger partial charge in [-0.2, -0.15) is 0 Å². The quantitative estimate of drug-likeness (QED) is 0.700. The minimum atomic E-state index is -0.717. The molecule has 0 amide bonds. The number of carbonyl (C=O) groups is 1. The zero-order chi connectivity index (χ0) is 10.7. The highest BCUT2D eigenvalue weighted by Gasteiger charge is 2.12. The van der Waals surface area contributed by atoms with Gasteiger partial charge in [-0.3, -0.25) is 4.79 Å². The van der Waals surface area contributed by atoms with Crippen LogP contribution < -0.4 is 0 Å². The average Bonchev–Trinajstić information content (AvgIpc) is 2.10. The SMILES string of the molecule is COCc1cc(F)c(C(C)=O)cc1F. The third-order valence-corrected chi connectivity index (χ3v) is 1.82. The molecular weight excluding hydrogens is 190 g/mol. The van der Waals surface area contributed by atoms with Gasteiger partial charge in [0, 0.05) is 12.7 Å². The molecule has 0 saturated heterocycles. The van der Waals surface area contributed by atoms with Crippen LogP contribution in [-0.2, 0) is 11.3 Å². The van der Waals surface area contributed by atoms with Crippen LogP contribution in [0.2, 0.25) is 0 Å². The number of Topliss-reactive ketones (excluding diaryl/α,β-unsaturated/α-hetero) is 1. The molecule has 0 radical (unpaired) electrons. The van der Waals surface area contributed by atoms with E-state index in [1.54, 1.807) is 0 Å². The lowest BCUT2D eigenvalue weighted by Gasteiger charge is -2.04. The second-order valence-corrected chi connectivity index (χ2v) is 2.91. The predicted octanol–water partition coefficient (Wildman–Crippen LogP) is 2.31. The topological polar surface area (TPSA) is 26.3 Å². The molecule has 76 valence electrons. The number of halogens is 2. The fourth-order valence-electron chi connectivity index (χ4n) is 1.12. The molecular formula is C10H10F2O2. The summed E-state index contributed by atoms with van der Waals surface area (Å²) in [7, 11) is 1.39. The van der Waals surface area contributed by atoms with Crippen LogP contribution in [0.25, 0.3) is 0 Å². The molecule has 2 nitrogen and oxygen atoms in total. The van der Waals surface area contributed by atoms with E-state index in [2.05, 4.69) is 4.74 Å². The molecule has 0 aromatic heterocycles. The van der Waals surface area contributed by atoms with Crippen LogP contribution in [0.3, 0.4) is 0 Å². The monoisotopic (exact) mass is 200 g/mol. The standard InChI is InChI=1S/C10H10F2O2/c1-6(13)8-4-9(11)7(5-14-2)3-10(8)12/h3-4H,5H2,1-2H3. The third-order valence-electron chi connectivity index (χ3n) is 1.82. The number of hydrogen-bond acceptors (Lipinski definition) is 2. The van der Waals surface area contributed by atoms with Gasteiger partial charge in [-0.05, 0) is 19.1 Å². The van der Waals surface area contributed by atoms with Crippen molar-refractivity contribution in [3.63, 3.8) is 0 Å². The summed E-state index contributed by atoms with van der Waals surface area (Å²) < 4.78 is 31.0. The summed E-state index contributed by atoms with van der Waals surface area (Å²) in [6.07, 6.45) is 0. The molecule has 0 aliphatic heterocycles. The van der Waals surface area contributed by atoms with Crippen molar-refractivity contribution >= 4 is 5.78 Å². The Labute approximate surface area is 80.5 Å². The smallest absolute Gasteiger partial charge is 0.162 e. The molecule has 0 aliphatic carbocycles. The number of ketones is 1. The van der Waals surface area contributed by atoms with Gasteiger partial charge in [0.25, 0.3) is 0 Å². The van der Waals surface area contributed by atoms with Crippen molar-refractivity contribution in [3.8, 4) is 0 Å². The molecule has 0 N–H and O–H groups in total. The molecule has 0 unspecified atom stereocenters. The summed E-state index contributed by atoms with van der Waals surface area (Å²) in [6, 6.07) is 1.88. The van der Waals surface area contributed by atoms with E-state index < -0.39 is 17.4 Å². The van der Waals surface area contributed by atoms with E-state index >= 15 is 0 Å². The van der Waals surface area contributed by atoms with E-state index in [-0.39, 0.29) is 17.7 Å². The maximum atomic E-state index is 13.2. The van der Waals surface area contributed by atoms with Crippen molar-refractivity contribution in [1.29, 1.82) is 0 Å². The maximum absolute atomic E-state index is 13.2. The number of benzene rings is 1. The lowest BCUT2D eigenvalue weighted by molar-refractivity contribution is 0.101. The van der Waals surface area contributed by atoms with Gasteiger partial charge in [0.2, 0.25) is 0 Å². The zero-order valence-corrected chi connectivity index (χ0v) is 7.93. The number of methoxy groups -OCH3 is 1. The van der Waals surface area contributed by atoms with E-state index in [1.165, 1.54) is 14.0 Å². The molecule has 1 rings (SSSR count). The second kappa shape index (κ2) is 4.28. The number of rotatable bonds is 3. The summed E-state index contributed by atoms with van der Waals surface area (Å²) in [5, 5.41) is 0. The minimum absolute atomic E-state index is 0.0130. The normalized spacial score (nSPS) is 10.3. The van der Waals surface area contributed by atoms with Crippen LogP contribution in [-0.4, -0.2) is 12.9 Å². The number of hydrogen-bond donors (Lipinski definition) is 0. The van der Waals surface area contributed by atoms with Crippen LogP contribution in [0, 0.1) is 11.6 Å². The van der Waals surface area contributed by atoms with E-state index in [0.717, 1.165) is 12.1 Å². The highest BCUT2D eigenvalue weighted by atomic mass is 19.1. The molecule has 14 heavy (non-hydrogen) atoms. The number of ether oxygens (including phenoxy) is 1. The molecule has 0 bridgehead atoms. The van der Waals surface area contributed by atoms with Crippen molar-refractivity contribution in [2.24, 2.45) is 0 Å². The molecule has 0 spiro atoms. The first-order valence-electron chi connectivity index (χ1n) is 4.04. The first kappa shape index (κ1) is 10.8. The average molecular weight is 200 g/mol. The Kier molecular flexibility index (Phi) is 3.30. The first-order chi connectivity index (χ1) is 6.56. The summed E-state index contributed by atoms with van der Waals surface area (Å²) >= 11 is 0. The lowest BCUT2D eigenvalue weighted by atomic mass is 10.1. The van der Waals surface area contributed by atoms with Gasteiger partial charge in [0.1, 0.15) is 11.6 Å². The van der Waals surface area contributed by atoms with E-state index in [9.17, 15) is 13.6 Å². The van der Waals surface area contributed by atoms with Crippen LogP contribution in [0.1, 0.15) is 22.8 Å². The number of carbonyl (C=O) groups excluding carboxylic acids is 1. The van der Waals surface area contributed by atoms with E-state index in [4.69, 9.17) is 0 Å². The highest BCUT2D eigenvalue weighted by Crippen LogP contribution is 2.16. The highest BCUT2D eigenvalue weighted by molar-refractivity contribution is 5.94. The van der Waals surface area contributed by atoms with Crippen molar-refractivity contribution in [3.05, 3.63) is 34.9 Å². The Hall–Kier alpha value is -1.29. The summed E-state index contributed by atoms with van der Waals surface area (Å²) in [6.45, 7) is 1.18. The zero-order valence-electron chi connectivity index (χ0n) is 7.93. The fourth-order valence-corrected chi connectivity index (χ4v) is 1.12. The maximum Gasteiger partial charge on any atom is 0.162 e. The molecule has 1 aromatic carbocycles. The van der Waals surface area contributed by atoms with Crippen molar-refractivity contribution in [1.82, 2.24) is 0 Å². The van der Waals surface area contributed by atoms with Crippen LogP contribution in [0.5, 0.6) is 0 Å². The summed E-state index contributed by atoms with van der Waals surface area (Å²) in [4.78, 5) is 10.8. The van der Waals surface area contributed by atoms with Gasteiger partial charge in [0.05, 0.1) is 12.2 Å². The summed E-state index contributed by atoms with van der Waals surface area (Å²) in [5.41, 5.74) is -0.127. The van der Waals surface area contributed by atoms with Crippen LogP contribution in [0.15, 0.2) is 12.1 Å². The Morgan fingerprint density at radius 3 is 2.50 bits per heavy atom. The molecule has 1 aromatic rings. The first-order valence-corrected chi connectivity index (χ1v) is 4.04. The largest absolute Gasteiger partial charge is 0.380 e. The van der Waals surface area contributed by atoms with Crippen molar-refractivity contribution in [2.75, 3.05) is 7.11 Å². The van der Waals surface area contributed by atoms with Crippen molar-refractivity contribution < 1.29 is 18.3 Å². The van der Waals surface area contributed by atoms with Crippen molar-refractivity contribution in [2.45, 2.75) is 13.5 Å². The third kappa shape index (κ3) is 2.14.